The van der Waals surface area contributed by atoms with E-state index in [9.17, 15) is 19.2 Å². The number of carbonyl (C=O) groups excluding carboxylic acids is 4. The molecule has 0 aliphatic heterocycles. The molecule has 0 aromatic heterocycles. The zero-order chi connectivity index (χ0) is 36.5. The number of carbonyl (C=O) groups is 4. The smallest absolute Gasteiger partial charge is 0.339 e. The fourth-order valence-electron chi connectivity index (χ4n) is 5.20. The second-order valence-corrected chi connectivity index (χ2v) is 12.9. The maximum absolute atomic E-state index is 12.4. The van der Waals surface area contributed by atoms with Crippen LogP contribution in [0.1, 0.15) is 107 Å². The Labute approximate surface area is 295 Å². The van der Waals surface area contributed by atoms with Gasteiger partial charge in [-0.1, -0.05) is 113 Å². The van der Waals surface area contributed by atoms with Gasteiger partial charge in [-0.05, 0) is 73.9 Å². The third kappa shape index (κ3) is 13.3. The minimum atomic E-state index is -0.555. The summed E-state index contributed by atoms with van der Waals surface area (Å²) in [6.07, 6.45) is 1.18. The molecule has 0 bridgehead atoms. The number of hydrogen-bond donors (Lipinski definition) is 0. The minimum absolute atomic E-state index is 0.146. The summed E-state index contributed by atoms with van der Waals surface area (Å²) < 4.78 is 21.6. The van der Waals surface area contributed by atoms with Crippen molar-refractivity contribution in [2.45, 2.75) is 79.8 Å². The standard InChI is InChI=1S/C22H18O4.C20H30O4/c23-21(25-15-17-9-3-1-4-10-17)19-13-7-8-14-20(19)22(24)26-16-18-11-5-2-6-12-18;1-13(2)11-15(5)23-19(21)17-9-7-8-10-18(17)20(22)24-16(6)12-14(3)4/h1-14H,15-16H2;7-10,13-16H,11-12H2,1-6H3. The molecule has 0 radical (unpaired) electrons. The van der Waals surface area contributed by atoms with Gasteiger partial charge in [0.25, 0.3) is 0 Å². The van der Waals surface area contributed by atoms with E-state index >= 15 is 0 Å². The van der Waals surface area contributed by atoms with Crippen molar-refractivity contribution in [2.24, 2.45) is 11.8 Å². The summed E-state index contributed by atoms with van der Waals surface area (Å²) in [5, 5.41) is 0. The van der Waals surface area contributed by atoms with E-state index in [1.165, 1.54) is 0 Å². The Balaban J connectivity index is 0.000000272. The van der Waals surface area contributed by atoms with Gasteiger partial charge in [0.15, 0.2) is 0 Å². The lowest BCUT2D eigenvalue weighted by atomic mass is 10.1. The molecule has 8 nitrogen and oxygen atoms in total. The maximum atomic E-state index is 12.4. The molecule has 0 saturated heterocycles. The number of ether oxygens (including phenoxy) is 4. The van der Waals surface area contributed by atoms with Crippen molar-refractivity contribution < 1.29 is 38.1 Å². The highest BCUT2D eigenvalue weighted by Gasteiger charge is 2.23. The molecule has 0 aliphatic carbocycles. The summed E-state index contributed by atoms with van der Waals surface area (Å²) in [6, 6.07) is 31.9. The fourth-order valence-corrected chi connectivity index (χ4v) is 5.20. The first-order valence-corrected chi connectivity index (χ1v) is 17.0. The fraction of sp³-hybridized carbons (Fsp3) is 0.333. The molecular formula is C42H48O8. The molecule has 264 valence electrons. The average Bonchev–Trinajstić information content (AvgIpc) is 3.10. The topological polar surface area (TPSA) is 105 Å². The van der Waals surface area contributed by atoms with Gasteiger partial charge in [-0.25, -0.2) is 19.2 Å². The summed E-state index contributed by atoms with van der Waals surface area (Å²) in [5.74, 6) is -1.20. The Morgan fingerprint density at radius 2 is 0.700 bits per heavy atom. The molecule has 0 spiro atoms. The molecule has 50 heavy (non-hydrogen) atoms. The van der Waals surface area contributed by atoms with E-state index in [0.717, 1.165) is 24.0 Å². The Bertz CT molecular complexity index is 1540. The molecule has 8 heteroatoms. The first-order chi connectivity index (χ1) is 23.9. The van der Waals surface area contributed by atoms with Gasteiger partial charge >= 0.3 is 23.9 Å². The van der Waals surface area contributed by atoms with Crippen LogP contribution in [0.4, 0.5) is 0 Å². The Kier molecular flexibility index (Phi) is 15.9. The van der Waals surface area contributed by atoms with Gasteiger partial charge in [-0.15, -0.1) is 0 Å². The molecule has 4 aromatic rings. The summed E-state index contributed by atoms with van der Waals surface area (Å²) >= 11 is 0. The van der Waals surface area contributed by atoms with Crippen LogP contribution in [0.3, 0.4) is 0 Å². The third-order valence-electron chi connectivity index (χ3n) is 7.38. The summed E-state index contributed by atoms with van der Waals surface area (Å²) in [6.45, 7) is 12.3. The molecule has 0 heterocycles. The van der Waals surface area contributed by atoms with Crippen LogP contribution >= 0.6 is 0 Å². The Morgan fingerprint density at radius 3 is 1.00 bits per heavy atom. The summed E-state index contributed by atoms with van der Waals surface area (Å²) in [4.78, 5) is 49.6. The van der Waals surface area contributed by atoms with Crippen molar-refractivity contribution >= 4 is 23.9 Å². The predicted molar refractivity (Wildman–Crippen MR) is 193 cm³/mol. The van der Waals surface area contributed by atoms with Gasteiger partial charge in [-0.3, -0.25) is 0 Å². The zero-order valence-corrected chi connectivity index (χ0v) is 29.8. The molecule has 2 atom stereocenters. The van der Waals surface area contributed by atoms with E-state index in [4.69, 9.17) is 18.9 Å². The maximum Gasteiger partial charge on any atom is 0.339 e. The van der Waals surface area contributed by atoms with E-state index in [2.05, 4.69) is 27.7 Å². The lowest BCUT2D eigenvalue weighted by molar-refractivity contribution is 0.0250. The monoisotopic (exact) mass is 680 g/mol. The quantitative estimate of drug-likeness (QED) is 0.0959. The van der Waals surface area contributed by atoms with Crippen molar-refractivity contribution in [2.75, 3.05) is 0 Å². The summed E-state index contributed by atoms with van der Waals surface area (Å²) in [5.41, 5.74) is 2.67. The second kappa shape index (κ2) is 20.3. The first kappa shape index (κ1) is 39.2. The van der Waals surface area contributed by atoms with Gasteiger partial charge < -0.3 is 18.9 Å². The normalized spacial score (nSPS) is 11.8. The van der Waals surface area contributed by atoms with Crippen LogP contribution in [0.2, 0.25) is 0 Å². The first-order valence-electron chi connectivity index (χ1n) is 17.0. The van der Waals surface area contributed by atoms with Crippen LogP contribution in [0.25, 0.3) is 0 Å². The number of esters is 4. The Morgan fingerprint density at radius 1 is 0.420 bits per heavy atom. The highest BCUT2D eigenvalue weighted by Crippen LogP contribution is 2.18. The lowest BCUT2D eigenvalue weighted by Crippen LogP contribution is -2.22. The molecule has 0 amide bonds. The number of benzene rings is 4. The van der Waals surface area contributed by atoms with Gasteiger partial charge in [0, 0.05) is 0 Å². The summed E-state index contributed by atoms with van der Waals surface area (Å²) in [7, 11) is 0. The van der Waals surface area contributed by atoms with Crippen molar-refractivity contribution in [3.8, 4) is 0 Å². The van der Waals surface area contributed by atoms with Crippen molar-refractivity contribution in [1.29, 1.82) is 0 Å². The Hall–Kier alpha value is -5.24. The number of hydrogen-bond acceptors (Lipinski definition) is 8. The minimum Gasteiger partial charge on any atom is -0.459 e. The predicted octanol–water partition coefficient (Wildman–Crippen LogP) is 9.27. The average molecular weight is 681 g/mol. The second-order valence-electron chi connectivity index (χ2n) is 12.9. The number of rotatable bonds is 14. The van der Waals surface area contributed by atoms with E-state index in [1.807, 2.05) is 74.5 Å². The zero-order valence-electron chi connectivity index (χ0n) is 29.8. The molecule has 0 fully saturated rings. The molecule has 4 aromatic carbocycles. The van der Waals surface area contributed by atoms with Gasteiger partial charge in [0.2, 0.25) is 0 Å². The van der Waals surface area contributed by atoms with Crippen molar-refractivity contribution in [3.63, 3.8) is 0 Å². The molecule has 0 N–H and O–H groups in total. The highest BCUT2D eigenvalue weighted by atomic mass is 16.6. The van der Waals surface area contributed by atoms with Crippen LogP contribution in [-0.4, -0.2) is 36.1 Å². The van der Waals surface area contributed by atoms with Crippen LogP contribution in [0.15, 0.2) is 109 Å². The van der Waals surface area contributed by atoms with E-state index in [-0.39, 0.29) is 47.7 Å². The van der Waals surface area contributed by atoms with E-state index < -0.39 is 23.9 Å². The molecule has 2 unspecified atom stereocenters. The van der Waals surface area contributed by atoms with Gasteiger partial charge in [0.1, 0.15) is 13.2 Å². The van der Waals surface area contributed by atoms with E-state index in [0.29, 0.717) is 11.8 Å². The van der Waals surface area contributed by atoms with Crippen molar-refractivity contribution in [3.05, 3.63) is 143 Å². The lowest BCUT2D eigenvalue weighted by Gasteiger charge is -2.18. The van der Waals surface area contributed by atoms with Crippen molar-refractivity contribution in [1.82, 2.24) is 0 Å². The van der Waals surface area contributed by atoms with Crippen LogP contribution in [-0.2, 0) is 32.2 Å². The van der Waals surface area contributed by atoms with Crippen LogP contribution in [0, 0.1) is 11.8 Å². The largest absolute Gasteiger partial charge is 0.459 e. The molecule has 0 aliphatic rings. The van der Waals surface area contributed by atoms with Crippen LogP contribution < -0.4 is 0 Å². The highest BCUT2D eigenvalue weighted by molar-refractivity contribution is 6.04. The molecule has 4 rings (SSSR count). The van der Waals surface area contributed by atoms with Gasteiger partial charge in [0.05, 0.1) is 34.5 Å². The SMILES string of the molecule is CC(C)CC(C)OC(=O)c1ccccc1C(=O)OC(C)CC(C)C.O=C(OCc1ccccc1)c1ccccc1C(=O)OCc1ccccc1. The molecular weight excluding hydrogens is 632 g/mol. The van der Waals surface area contributed by atoms with Crippen LogP contribution in [0.5, 0.6) is 0 Å². The van der Waals surface area contributed by atoms with Gasteiger partial charge in [-0.2, -0.15) is 0 Å². The van der Waals surface area contributed by atoms with E-state index in [1.54, 1.807) is 48.5 Å². The molecule has 0 saturated carbocycles. The third-order valence-corrected chi connectivity index (χ3v) is 7.38.